The molecule has 4 fully saturated rings. The number of nitrogens with one attached hydrogen (secondary N) is 6. The Kier molecular flexibility index (Phi) is 18.9. The number of aromatic nitrogens is 1. The van der Waals surface area contributed by atoms with Gasteiger partial charge in [0, 0.05) is 59.1 Å². The lowest BCUT2D eigenvalue weighted by Gasteiger charge is -2.34. The van der Waals surface area contributed by atoms with E-state index in [-0.39, 0.29) is 50.3 Å². The molecule has 0 bridgehead atoms. The van der Waals surface area contributed by atoms with Gasteiger partial charge in [-0.05, 0) is 68.2 Å². The van der Waals surface area contributed by atoms with Crippen LogP contribution in [0.5, 0.6) is 0 Å². The summed E-state index contributed by atoms with van der Waals surface area (Å²) in [6, 6.07) is 7.14. The number of rotatable bonds is 17. The van der Waals surface area contributed by atoms with Crippen molar-refractivity contribution in [3.63, 3.8) is 0 Å². The Morgan fingerprint density at radius 3 is 1.86 bits per heavy atom. The highest BCUT2D eigenvalue weighted by molar-refractivity contribution is 6.00. The van der Waals surface area contributed by atoms with Crippen molar-refractivity contribution < 1.29 is 58.1 Å². The monoisotopic (exact) mass is 1090 g/mol. The number of nitro groups is 2. The fourth-order valence-electron chi connectivity index (χ4n) is 10.7. The van der Waals surface area contributed by atoms with Crippen LogP contribution in [0.4, 0.5) is 0 Å². The normalized spacial score (nSPS) is 29.3. The molecule has 7 amide bonds. The molecule has 2 aliphatic carbocycles. The summed E-state index contributed by atoms with van der Waals surface area (Å²) in [4.78, 5) is 142. The first-order valence-electron chi connectivity index (χ1n) is 26.8. The van der Waals surface area contributed by atoms with E-state index in [2.05, 4.69) is 31.9 Å². The van der Waals surface area contributed by atoms with Crippen LogP contribution in [0.15, 0.2) is 91.1 Å². The van der Waals surface area contributed by atoms with E-state index in [1.165, 1.54) is 24.0 Å². The van der Waals surface area contributed by atoms with Gasteiger partial charge in [-0.3, -0.25) is 53.8 Å². The fraction of sp³-hybridized carbons (Fsp3) is 0.527. The number of carbonyl (C=O) groups excluding carboxylic acids is 8. The molecule has 7 N–H and O–H groups in total. The molecule has 1 aromatic heterocycles. The van der Waals surface area contributed by atoms with Crippen molar-refractivity contribution in [1.29, 1.82) is 0 Å². The molecular weight excluding hydrogens is 1020 g/mol. The number of esters is 1. The van der Waals surface area contributed by atoms with Gasteiger partial charge in [-0.25, -0.2) is 4.79 Å². The van der Waals surface area contributed by atoms with Gasteiger partial charge in [0.15, 0.2) is 0 Å². The summed E-state index contributed by atoms with van der Waals surface area (Å²) in [6.45, 7) is 9.92. The number of hydrogen-bond donors (Lipinski definition) is 7. The van der Waals surface area contributed by atoms with Gasteiger partial charge in [0.1, 0.15) is 54.1 Å². The molecule has 79 heavy (non-hydrogen) atoms. The predicted molar refractivity (Wildman–Crippen MR) is 283 cm³/mol. The third-order valence-corrected chi connectivity index (χ3v) is 15.9. The van der Waals surface area contributed by atoms with Gasteiger partial charge in [0.2, 0.25) is 47.5 Å². The largest absolute Gasteiger partial charge is 0.458 e. The van der Waals surface area contributed by atoms with E-state index in [9.17, 15) is 49.4 Å². The van der Waals surface area contributed by atoms with E-state index in [0.29, 0.717) is 22.3 Å². The highest BCUT2D eigenvalue weighted by Crippen LogP contribution is 2.38. The number of nitrogens with zero attached hydrogens (tertiary/aromatic N) is 4. The summed E-state index contributed by atoms with van der Waals surface area (Å²) in [5, 5.41) is 50.3. The molecule has 16 atom stereocenters. The van der Waals surface area contributed by atoms with Gasteiger partial charge < -0.3 is 46.7 Å². The minimum absolute atomic E-state index is 0.00704. The molecule has 0 unspecified atom stereocenters. The summed E-state index contributed by atoms with van der Waals surface area (Å²) in [6.07, 6.45) is 3.13. The Morgan fingerprint density at radius 2 is 1.33 bits per heavy atom. The average Bonchev–Trinajstić information content (AvgIpc) is 4.34. The van der Waals surface area contributed by atoms with Crippen LogP contribution < -0.4 is 31.9 Å². The number of fused-ring (bicyclic) bond motifs is 1. The van der Waals surface area contributed by atoms with Crippen molar-refractivity contribution in [2.45, 2.75) is 152 Å². The Hall–Kier alpha value is -8.18. The summed E-state index contributed by atoms with van der Waals surface area (Å²) in [5.41, 5.74) is 0.851. The van der Waals surface area contributed by atoms with E-state index < -0.39 is 147 Å². The number of ether oxygens (including phenoxy) is 1. The Bertz CT molecular complexity index is 2790. The van der Waals surface area contributed by atoms with Crippen LogP contribution in [0.1, 0.15) is 114 Å². The van der Waals surface area contributed by atoms with Crippen molar-refractivity contribution >= 4 is 47.3 Å². The zero-order chi connectivity index (χ0) is 57.4. The Labute approximate surface area is 456 Å². The molecule has 7 rings (SSSR count). The molecule has 4 aliphatic rings. The maximum absolute atomic E-state index is 15.2. The lowest BCUT2D eigenvalue weighted by Crippen LogP contribution is -2.62. The highest BCUT2D eigenvalue weighted by Gasteiger charge is 2.52. The highest BCUT2D eigenvalue weighted by atomic mass is 16.6. The van der Waals surface area contributed by atoms with Gasteiger partial charge in [-0.15, -0.1) is 0 Å². The summed E-state index contributed by atoms with van der Waals surface area (Å²) in [5.74, 6) is -11.4. The lowest BCUT2D eigenvalue weighted by molar-refractivity contribution is -0.498. The van der Waals surface area contributed by atoms with Crippen LogP contribution >= 0.6 is 0 Å². The first kappa shape index (κ1) is 58.5. The molecule has 24 heteroatoms. The maximum Gasteiger partial charge on any atom is 0.329 e. The second-order valence-electron chi connectivity index (χ2n) is 21.4. The number of benzene rings is 2. The quantitative estimate of drug-likeness (QED) is 0.0336. The molecule has 3 aromatic rings. The molecule has 2 aromatic carbocycles. The van der Waals surface area contributed by atoms with E-state index in [4.69, 9.17) is 4.74 Å². The molecular formula is C55H70N10O14. The third kappa shape index (κ3) is 14.1. The van der Waals surface area contributed by atoms with E-state index >= 15 is 14.4 Å². The Balaban J connectivity index is 1.33. The minimum Gasteiger partial charge on any atom is -0.458 e. The second kappa shape index (κ2) is 25.5. The van der Waals surface area contributed by atoms with Crippen molar-refractivity contribution in [1.82, 2.24) is 41.5 Å². The topological polar surface area (TPSA) is 333 Å². The van der Waals surface area contributed by atoms with Gasteiger partial charge in [0.05, 0.1) is 0 Å². The van der Waals surface area contributed by atoms with Gasteiger partial charge in [0.25, 0.3) is 5.91 Å². The van der Waals surface area contributed by atoms with Crippen molar-refractivity contribution in [3.8, 4) is 0 Å². The smallest absolute Gasteiger partial charge is 0.329 e. The number of carbonyl (C=O) groups is 8. The van der Waals surface area contributed by atoms with Gasteiger partial charge in [-0.1, -0.05) is 107 Å². The molecule has 3 heterocycles. The van der Waals surface area contributed by atoms with Crippen LogP contribution in [0, 0.1) is 43.9 Å². The lowest BCUT2D eigenvalue weighted by atomic mass is 9.90. The second-order valence-corrected chi connectivity index (χ2v) is 21.4. The molecule has 424 valence electrons. The standard InChI is InChI=1S/C55H70N10O14/c1-7-16-33-23-43-55(73)79-32(6)47(61-49(67)38(24-36-26-41(36)64(75)76)56-50(68)40-21-15-22-63(40)74)53(71)60-45(30(4)34-17-11-9-12-18-34)51(69)57-39(25-37-27-42(37)65(77)78)48(66)59-46(31(5)35-19-13-10-14-20-35)52(70)58-44(29(3)8-2)54(72)62(43)28-33/h7,9-22,29-33,36-39,41-47,74H,8,23-28H2,1-6H3,(H,56,68)(H,57,69)(H,58,70)(H,59,66)(H,60,71)(H,61,67)/b16-7-/t29-,30+,31+,32+,33-,36+,37+,38-,39+,41+,42+,43-,44-,45-,46-,47+/m0/s1. The van der Waals surface area contributed by atoms with Crippen LogP contribution in [0.25, 0.3) is 0 Å². The van der Waals surface area contributed by atoms with Crippen molar-refractivity contribution in [3.05, 3.63) is 128 Å². The summed E-state index contributed by atoms with van der Waals surface area (Å²) >= 11 is 0. The Morgan fingerprint density at radius 1 is 0.772 bits per heavy atom. The zero-order valence-electron chi connectivity index (χ0n) is 44.9. The molecule has 2 saturated carbocycles. The maximum atomic E-state index is 15.2. The van der Waals surface area contributed by atoms with E-state index in [0.717, 1.165) is 6.20 Å². The molecule has 2 saturated heterocycles. The van der Waals surface area contributed by atoms with E-state index in [1.54, 1.807) is 94.4 Å². The molecule has 24 nitrogen and oxygen atoms in total. The van der Waals surface area contributed by atoms with Gasteiger partial charge >= 0.3 is 5.97 Å². The predicted octanol–water partition coefficient (Wildman–Crippen LogP) is 2.75. The SMILES string of the molecule is C/C=C\[C@H]1C[C@H]2C(=O)O[C@H](C)[C@@H](NC(=O)[C@H](C[C@@H]3C[C@H]3[N+](=O)[O-])NC(=O)c3cccn3O)C(=O)N[C@@H]([C@H](C)c3ccccc3)C(=O)N[C@H](C[C@@H]3C[C@H]3[N+](=O)[O-])C(=O)N[C@@H]([C@H](C)c3ccccc3)C(=O)N[C@@H]([C@@H](C)CC)C(=O)N2C1. The first-order chi connectivity index (χ1) is 37.6. The number of allylic oxidation sites excluding steroid dienone is 1. The summed E-state index contributed by atoms with van der Waals surface area (Å²) in [7, 11) is 0. The van der Waals surface area contributed by atoms with Gasteiger partial charge in [-0.2, -0.15) is 4.73 Å². The molecule has 2 aliphatic heterocycles. The fourth-order valence-corrected chi connectivity index (χ4v) is 10.7. The van der Waals surface area contributed by atoms with Crippen molar-refractivity contribution in [2.75, 3.05) is 6.54 Å². The first-order valence-corrected chi connectivity index (χ1v) is 26.8. The van der Waals surface area contributed by atoms with Crippen LogP contribution in [0.2, 0.25) is 0 Å². The number of cyclic esters (lactones) is 1. The van der Waals surface area contributed by atoms with Crippen LogP contribution in [0.3, 0.4) is 0 Å². The third-order valence-electron chi connectivity index (χ3n) is 15.9. The zero-order valence-corrected chi connectivity index (χ0v) is 44.9. The van der Waals surface area contributed by atoms with Crippen LogP contribution in [-0.2, 0) is 38.3 Å². The van der Waals surface area contributed by atoms with Crippen LogP contribution in [-0.4, -0.2) is 139 Å². The summed E-state index contributed by atoms with van der Waals surface area (Å²) < 4.78 is 6.58. The molecule has 0 radical (unpaired) electrons. The number of amides is 7. The number of hydrogen-bond acceptors (Lipinski definition) is 14. The van der Waals surface area contributed by atoms with Crippen molar-refractivity contribution in [2.24, 2.45) is 23.7 Å². The average molecular weight is 1100 g/mol. The van der Waals surface area contributed by atoms with E-state index in [1.807, 2.05) is 13.0 Å². The minimum atomic E-state index is -1.90. The molecule has 0 spiro atoms.